The summed E-state index contributed by atoms with van der Waals surface area (Å²) in [5.74, 6) is 0.962. The number of aromatic nitrogens is 2. The Bertz CT molecular complexity index is 451. The third-order valence-corrected chi connectivity index (χ3v) is 2.47. The highest BCUT2D eigenvalue weighted by Gasteiger charge is 2.02. The number of nitrogens with zero attached hydrogens (tertiary/aromatic N) is 2. The summed E-state index contributed by atoms with van der Waals surface area (Å²) in [4.78, 5) is 8.53. The maximum Gasteiger partial charge on any atom is 0.232 e. The van der Waals surface area contributed by atoms with Crippen molar-refractivity contribution in [2.45, 2.75) is 26.4 Å². The molecule has 0 fully saturated rings. The SMILES string of the molecule is CC(C)c1cnc(OCc2ccccc2)cn1. The summed E-state index contributed by atoms with van der Waals surface area (Å²) in [6.45, 7) is 4.71. The second-order valence-corrected chi connectivity index (χ2v) is 4.21. The van der Waals surface area contributed by atoms with E-state index >= 15 is 0 Å². The molecule has 0 bridgehead atoms. The van der Waals surface area contributed by atoms with Crippen molar-refractivity contribution >= 4 is 0 Å². The third-order valence-electron chi connectivity index (χ3n) is 2.47. The number of rotatable bonds is 4. The van der Waals surface area contributed by atoms with E-state index in [0.717, 1.165) is 11.3 Å². The van der Waals surface area contributed by atoms with Crippen LogP contribution in [0.25, 0.3) is 0 Å². The molecule has 0 atom stereocenters. The first kappa shape index (κ1) is 11.6. The molecule has 0 spiro atoms. The molecule has 17 heavy (non-hydrogen) atoms. The summed E-state index contributed by atoms with van der Waals surface area (Å²) in [7, 11) is 0. The van der Waals surface area contributed by atoms with Gasteiger partial charge in [-0.05, 0) is 11.5 Å². The zero-order valence-corrected chi connectivity index (χ0v) is 10.1. The van der Waals surface area contributed by atoms with Gasteiger partial charge in [0.05, 0.1) is 18.1 Å². The minimum atomic E-state index is 0.394. The van der Waals surface area contributed by atoms with Gasteiger partial charge in [0, 0.05) is 0 Å². The van der Waals surface area contributed by atoms with Gasteiger partial charge in [-0.15, -0.1) is 0 Å². The summed E-state index contributed by atoms with van der Waals surface area (Å²) in [6.07, 6.45) is 3.45. The minimum absolute atomic E-state index is 0.394. The molecule has 0 aliphatic rings. The van der Waals surface area contributed by atoms with Crippen LogP contribution in [-0.2, 0) is 6.61 Å². The van der Waals surface area contributed by atoms with Gasteiger partial charge in [-0.25, -0.2) is 4.98 Å². The molecule has 3 nitrogen and oxygen atoms in total. The molecule has 0 aliphatic heterocycles. The van der Waals surface area contributed by atoms with Gasteiger partial charge in [-0.2, -0.15) is 0 Å². The van der Waals surface area contributed by atoms with E-state index in [1.807, 2.05) is 30.3 Å². The third kappa shape index (κ3) is 3.28. The van der Waals surface area contributed by atoms with Crippen LogP contribution in [-0.4, -0.2) is 9.97 Å². The average Bonchev–Trinajstić information content (AvgIpc) is 2.38. The molecule has 88 valence electrons. The fourth-order valence-electron chi connectivity index (χ4n) is 1.43. The lowest BCUT2D eigenvalue weighted by molar-refractivity contribution is 0.292. The molecule has 0 saturated carbocycles. The highest BCUT2D eigenvalue weighted by Crippen LogP contribution is 2.13. The minimum Gasteiger partial charge on any atom is -0.472 e. The first-order valence-electron chi connectivity index (χ1n) is 5.74. The molecule has 1 heterocycles. The van der Waals surface area contributed by atoms with Crippen LogP contribution in [0.3, 0.4) is 0 Å². The van der Waals surface area contributed by atoms with Gasteiger partial charge in [0.25, 0.3) is 0 Å². The second-order valence-electron chi connectivity index (χ2n) is 4.21. The molecule has 1 aromatic carbocycles. The Balaban J connectivity index is 1.96. The van der Waals surface area contributed by atoms with Gasteiger partial charge in [0.15, 0.2) is 0 Å². The van der Waals surface area contributed by atoms with Crippen molar-refractivity contribution in [2.75, 3.05) is 0 Å². The molecule has 3 heteroatoms. The van der Waals surface area contributed by atoms with E-state index in [0.29, 0.717) is 18.4 Å². The van der Waals surface area contributed by atoms with Crippen LogP contribution in [0.1, 0.15) is 31.0 Å². The van der Waals surface area contributed by atoms with Crippen molar-refractivity contribution in [1.82, 2.24) is 9.97 Å². The van der Waals surface area contributed by atoms with Crippen LogP contribution in [0, 0.1) is 0 Å². The van der Waals surface area contributed by atoms with Crippen LogP contribution in [0.5, 0.6) is 5.88 Å². The molecular formula is C14H16N2O. The van der Waals surface area contributed by atoms with Crippen LogP contribution in [0.15, 0.2) is 42.7 Å². The van der Waals surface area contributed by atoms with E-state index in [-0.39, 0.29) is 0 Å². The maximum absolute atomic E-state index is 5.55. The van der Waals surface area contributed by atoms with E-state index in [1.165, 1.54) is 0 Å². The van der Waals surface area contributed by atoms with Gasteiger partial charge >= 0.3 is 0 Å². The number of hydrogen-bond donors (Lipinski definition) is 0. The largest absolute Gasteiger partial charge is 0.472 e. The standard InChI is InChI=1S/C14H16N2O/c1-11(2)13-8-16-14(9-15-13)17-10-12-6-4-3-5-7-12/h3-9,11H,10H2,1-2H3. The van der Waals surface area contributed by atoms with E-state index < -0.39 is 0 Å². The molecule has 1 aromatic heterocycles. The molecule has 2 aromatic rings. The Morgan fingerprint density at radius 3 is 2.41 bits per heavy atom. The quantitative estimate of drug-likeness (QED) is 0.806. The molecule has 0 aliphatic carbocycles. The van der Waals surface area contributed by atoms with Gasteiger partial charge < -0.3 is 4.74 Å². The molecule has 0 amide bonds. The van der Waals surface area contributed by atoms with Crippen LogP contribution in [0.2, 0.25) is 0 Å². The fourth-order valence-corrected chi connectivity index (χ4v) is 1.43. The summed E-state index contributed by atoms with van der Waals surface area (Å²) in [5.41, 5.74) is 2.11. The molecule has 0 N–H and O–H groups in total. The Morgan fingerprint density at radius 1 is 1.06 bits per heavy atom. The van der Waals surface area contributed by atoms with Crippen molar-refractivity contribution in [2.24, 2.45) is 0 Å². The summed E-state index contributed by atoms with van der Waals surface area (Å²) >= 11 is 0. The zero-order chi connectivity index (χ0) is 12.1. The number of benzene rings is 1. The Kier molecular flexibility index (Phi) is 3.70. The van der Waals surface area contributed by atoms with Crippen LogP contribution in [0.4, 0.5) is 0 Å². The van der Waals surface area contributed by atoms with E-state index in [1.54, 1.807) is 12.4 Å². The monoisotopic (exact) mass is 228 g/mol. The normalized spacial score (nSPS) is 10.5. The van der Waals surface area contributed by atoms with E-state index in [9.17, 15) is 0 Å². The van der Waals surface area contributed by atoms with Crippen molar-refractivity contribution in [3.05, 3.63) is 54.0 Å². The van der Waals surface area contributed by atoms with Crippen LogP contribution >= 0.6 is 0 Å². The highest BCUT2D eigenvalue weighted by molar-refractivity contribution is 5.15. The lowest BCUT2D eigenvalue weighted by Crippen LogP contribution is -1.99. The highest BCUT2D eigenvalue weighted by atomic mass is 16.5. The predicted octanol–water partition coefficient (Wildman–Crippen LogP) is 3.18. The van der Waals surface area contributed by atoms with Gasteiger partial charge in [-0.3, -0.25) is 4.98 Å². The molecule has 0 unspecified atom stereocenters. The van der Waals surface area contributed by atoms with Gasteiger partial charge in [-0.1, -0.05) is 44.2 Å². The first-order chi connectivity index (χ1) is 8.25. The first-order valence-corrected chi connectivity index (χ1v) is 5.74. The van der Waals surface area contributed by atoms with Crippen molar-refractivity contribution < 1.29 is 4.74 Å². The fraction of sp³-hybridized carbons (Fsp3) is 0.286. The van der Waals surface area contributed by atoms with Crippen LogP contribution < -0.4 is 4.74 Å². The Hall–Kier alpha value is -1.90. The van der Waals surface area contributed by atoms with Crippen molar-refractivity contribution in [3.63, 3.8) is 0 Å². The Morgan fingerprint density at radius 2 is 1.82 bits per heavy atom. The predicted molar refractivity (Wildman–Crippen MR) is 66.9 cm³/mol. The smallest absolute Gasteiger partial charge is 0.232 e. The summed E-state index contributed by atoms with van der Waals surface area (Å²) in [6, 6.07) is 10.0. The molecule has 2 rings (SSSR count). The number of ether oxygens (including phenoxy) is 1. The van der Waals surface area contributed by atoms with Gasteiger partial charge in [0.1, 0.15) is 6.61 Å². The molecular weight excluding hydrogens is 212 g/mol. The van der Waals surface area contributed by atoms with E-state index in [2.05, 4.69) is 23.8 Å². The molecule has 0 saturated heterocycles. The number of hydrogen-bond acceptors (Lipinski definition) is 3. The zero-order valence-electron chi connectivity index (χ0n) is 10.1. The summed E-state index contributed by atoms with van der Waals surface area (Å²) < 4.78 is 5.55. The van der Waals surface area contributed by atoms with Crippen molar-refractivity contribution in [1.29, 1.82) is 0 Å². The summed E-state index contributed by atoms with van der Waals surface area (Å²) in [5, 5.41) is 0. The average molecular weight is 228 g/mol. The van der Waals surface area contributed by atoms with E-state index in [4.69, 9.17) is 4.74 Å². The molecule has 0 radical (unpaired) electrons. The van der Waals surface area contributed by atoms with Gasteiger partial charge in [0.2, 0.25) is 5.88 Å². The topological polar surface area (TPSA) is 35.0 Å². The second kappa shape index (κ2) is 5.43. The Labute approximate surface area is 102 Å². The lowest BCUT2D eigenvalue weighted by atomic mass is 10.1. The maximum atomic E-state index is 5.55. The lowest BCUT2D eigenvalue weighted by Gasteiger charge is -2.07. The van der Waals surface area contributed by atoms with Crippen molar-refractivity contribution in [3.8, 4) is 5.88 Å².